The Labute approximate surface area is 75.7 Å². The number of allylic oxidation sites excluding steroid dienone is 1. The van der Waals surface area contributed by atoms with Crippen LogP contribution in [0.25, 0.3) is 6.08 Å². The summed E-state index contributed by atoms with van der Waals surface area (Å²) in [5, 5.41) is 1.04. The number of nitrogens with zero attached hydrogens (tertiary/aromatic N) is 1. The molecule has 0 radical (unpaired) electrons. The maximum atomic E-state index is 5.48. The molecule has 0 saturated carbocycles. The van der Waals surface area contributed by atoms with Crippen LogP contribution in [0, 0.1) is 0 Å². The van der Waals surface area contributed by atoms with Crippen molar-refractivity contribution in [2.24, 2.45) is 0 Å². The topological polar surface area (TPSA) is 12.9 Å². The van der Waals surface area contributed by atoms with E-state index in [2.05, 4.69) is 11.9 Å². The molecular formula is C8H10ClNS. The molecule has 0 aromatic carbocycles. The van der Waals surface area contributed by atoms with Crippen LogP contribution in [-0.4, -0.2) is 10.9 Å². The summed E-state index contributed by atoms with van der Waals surface area (Å²) in [7, 11) is 0. The van der Waals surface area contributed by atoms with Crippen molar-refractivity contribution in [1.82, 2.24) is 4.98 Å². The molecule has 1 rings (SSSR count). The molecule has 0 fully saturated rings. The van der Waals surface area contributed by atoms with Crippen LogP contribution in [0.3, 0.4) is 0 Å². The minimum absolute atomic E-state index is 0.557. The van der Waals surface area contributed by atoms with E-state index >= 15 is 0 Å². The maximum Gasteiger partial charge on any atom is 0.115 e. The first kappa shape index (κ1) is 8.75. The van der Waals surface area contributed by atoms with Gasteiger partial charge in [0.1, 0.15) is 5.01 Å². The van der Waals surface area contributed by atoms with Gasteiger partial charge < -0.3 is 0 Å². The van der Waals surface area contributed by atoms with Crippen LogP contribution in [0.2, 0.25) is 0 Å². The number of thiazole rings is 1. The Hall–Kier alpha value is -0.340. The Morgan fingerprint density at radius 1 is 1.73 bits per heavy atom. The highest BCUT2D eigenvalue weighted by Gasteiger charge is 1.94. The highest BCUT2D eigenvalue weighted by atomic mass is 35.5. The summed E-state index contributed by atoms with van der Waals surface area (Å²) in [5.41, 5.74) is 0. The first-order valence-corrected chi connectivity index (χ1v) is 4.89. The van der Waals surface area contributed by atoms with Crippen LogP contribution < -0.4 is 0 Å². The summed E-state index contributed by atoms with van der Waals surface area (Å²) in [6, 6.07) is 0. The second-order valence-electron chi connectivity index (χ2n) is 2.08. The number of aryl methyl sites for hydroxylation is 1. The normalized spacial score (nSPS) is 11.1. The van der Waals surface area contributed by atoms with Crippen LogP contribution in [0.15, 0.2) is 12.3 Å². The van der Waals surface area contributed by atoms with Crippen molar-refractivity contribution in [2.45, 2.75) is 13.3 Å². The van der Waals surface area contributed by atoms with E-state index in [0.717, 1.165) is 11.4 Å². The van der Waals surface area contributed by atoms with Crippen molar-refractivity contribution in [1.29, 1.82) is 0 Å². The van der Waals surface area contributed by atoms with Gasteiger partial charge in [-0.1, -0.05) is 13.0 Å². The van der Waals surface area contributed by atoms with E-state index in [1.807, 2.05) is 18.3 Å². The number of hydrogen-bond donors (Lipinski definition) is 0. The number of hydrogen-bond acceptors (Lipinski definition) is 2. The van der Waals surface area contributed by atoms with Crippen molar-refractivity contribution < 1.29 is 0 Å². The van der Waals surface area contributed by atoms with E-state index in [1.165, 1.54) is 4.88 Å². The van der Waals surface area contributed by atoms with E-state index in [9.17, 15) is 0 Å². The largest absolute Gasteiger partial charge is 0.245 e. The molecule has 1 aromatic heterocycles. The van der Waals surface area contributed by atoms with E-state index in [0.29, 0.717) is 5.88 Å². The SMILES string of the molecule is CCc1cnc(/C=C/CCl)s1. The molecule has 0 aliphatic heterocycles. The summed E-state index contributed by atoms with van der Waals surface area (Å²) in [5.74, 6) is 0.557. The maximum absolute atomic E-state index is 5.48. The second kappa shape index (κ2) is 4.52. The summed E-state index contributed by atoms with van der Waals surface area (Å²) in [6.45, 7) is 2.13. The predicted octanol–water partition coefficient (Wildman–Crippen LogP) is 2.96. The molecule has 1 heterocycles. The van der Waals surface area contributed by atoms with Crippen molar-refractivity contribution in [2.75, 3.05) is 5.88 Å². The van der Waals surface area contributed by atoms with E-state index < -0.39 is 0 Å². The standard InChI is InChI=1S/C8H10ClNS/c1-2-7-6-10-8(11-7)4-3-5-9/h3-4,6H,2,5H2,1H3/b4-3+. The summed E-state index contributed by atoms with van der Waals surface area (Å²) in [4.78, 5) is 5.52. The molecule has 3 heteroatoms. The summed E-state index contributed by atoms with van der Waals surface area (Å²) in [6.07, 6.45) is 6.83. The van der Waals surface area contributed by atoms with Gasteiger partial charge in [0, 0.05) is 17.0 Å². The number of halogens is 1. The van der Waals surface area contributed by atoms with Crippen molar-refractivity contribution in [3.05, 3.63) is 22.2 Å². The Kier molecular flexibility index (Phi) is 3.60. The van der Waals surface area contributed by atoms with Gasteiger partial charge in [0.15, 0.2) is 0 Å². The molecule has 0 unspecified atom stereocenters. The monoisotopic (exact) mass is 187 g/mol. The minimum atomic E-state index is 0.557. The molecule has 0 aliphatic rings. The van der Waals surface area contributed by atoms with Gasteiger partial charge in [-0.05, 0) is 12.5 Å². The Bertz CT molecular complexity index is 242. The van der Waals surface area contributed by atoms with Crippen molar-refractivity contribution in [3.8, 4) is 0 Å². The third-order valence-corrected chi connectivity index (χ3v) is 2.55. The quantitative estimate of drug-likeness (QED) is 0.664. The fourth-order valence-electron chi connectivity index (χ4n) is 0.709. The lowest BCUT2D eigenvalue weighted by Gasteiger charge is -1.80. The minimum Gasteiger partial charge on any atom is -0.245 e. The molecule has 1 aromatic rings. The molecule has 0 amide bonds. The number of alkyl halides is 1. The highest BCUT2D eigenvalue weighted by molar-refractivity contribution is 7.12. The van der Waals surface area contributed by atoms with Crippen molar-refractivity contribution >= 4 is 29.0 Å². The van der Waals surface area contributed by atoms with Gasteiger partial charge in [-0.3, -0.25) is 0 Å². The second-order valence-corrected chi connectivity index (χ2v) is 3.53. The van der Waals surface area contributed by atoms with Crippen LogP contribution in [0.1, 0.15) is 16.8 Å². The highest BCUT2D eigenvalue weighted by Crippen LogP contribution is 2.14. The van der Waals surface area contributed by atoms with Gasteiger partial charge >= 0.3 is 0 Å². The molecule has 11 heavy (non-hydrogen) atoms. The summed E-state index contributed by atoms with van der Waals surface area (Å²) >= 11 is 7.20. The fraction of sp³-hybridized carbons (Fsp3) is 0.375. The lowest BCUT2D eigenvalue weighted by atomic mass is 10.4. The average molecular weight is 188 g/mol. The Balaban J connectivity index is 2.65. The van der Waals surface area contributed by atoms with E-state index in [-0.39, 0.29) is 0 Å². The van der Waals surface area contributed by atoms with Crippen LogP contribution in [0.5, 0.6) is 0 Å². The van der Waals surface area contributed by atoms with Gasteiger partial charge in [-0.25, -0.2) is 4.98 Å². The van der Waals surface area contributed by atoms with E-state index in [1.54, 1.807) is 11.3 Å². The number of rotatable bonds is 3. The lowest BCUT2D eigenvalue weighted by molar-refractivity contribution is 1.17. The molecule has 0 saturated heterocycles. The van der Waals surface area contributed by atoms with Crippen LogP contribution >= 0.6 is 22.9 Å². The first-order valence-electron chi connectivity index (χ1n) is 3.54. The van der Waals surface area contributed by atoms with Crippen molar-refractivity contribution in [3.63, 3.8) is 0 Å². The molecule has 0 aliphatic carbocycles. The summed E-state index contributed by atoms with van der Waals surface area (Å²) < 4.78 is 0. The lowest BCUT2D eigenvalue weighted by Crippen LogP contribution is -1.65. The molecule has 0 N–H and O–H groups in total. The average Bonchev–Trinajstić information content (AvgIpc) is 2.48. The third kappa shape index (κ3) is 2.64. The van der Waals surface area contributed by atoms with Crippen LogP contribution in [0.4, 0.5) is 0 Å². The Morgan fingerprint density at radius 2 is 2.55 bits per heavy atom. The smallest absolute Gasteiger partial charge is 0.115 e. The van der Waals surface area contributed by atoms with Gasteiger partial charge in [0.05, 0.1) is 0 Å². The zero-order valence-electron chi connectivity index (χ0n) is 6.38. The third-order valence-electron chi connectivity index (χ3n) is 1.27. The van der Waals surface area contributed by atoms with Gasteiger partial charge in [-0.2, -0.15) is 0 Å². The van der Waals surface area contributed by atoms with Gasteiger partial charge in [-0.15, -0.1) is 22.9 Å². The Morgan fingerprint density at radius 3 is 3.09 bits per heavy atom. The molecular weight excluding hydrogens is 178 g/mol. The first-order chi connectivity index (χ1) is 5.36. The molecule has 60 valence electrons. The predicted molar refractivity (Wildman–Crippen MR) is 51.2 cm³/mol. The van der Waals surface area contributed by atoms with Gasteiger partial charge in [0.25, 0.3) is 0 Å². The van der Waals surface area contributed by atoms with Gasteiger partial charge in [0.2, 0.25) is 0 Å². The fourth-order valence-corrected chi connectivity index (χ4v) is 1.59. The van der Waals surface area contributed by atoms with E-state index in [4.69, 9.17) is 11.6 Å². The molecule has 0 atom stereocenters. The molecule has 0 spiro atoms. The van der Waals surface area contributed by atoms with Crippen LogP contribution in [-0.2, 0) is 6.42 Å². The molecule has 0 bridgehead atoms. The number of aromatic nitrogens is 1. The molecule has 1 nitrogen and oxygen atoms in total. The zero-order chi connectivity index (χ0) is 8.10. The zero-order valence-corrected chi connectivity index (χ0v) is 7.95.